The Morgan fingerprint density at radius 3 is 2.19 bits per heavy atom. The first-order valence-electron chi connectivity index (χ1n) is 5.86. The van der Waals surface area contributed by atoms with Crippen LogP contribution in [0.2, 0.25) is 0 Å². The molecule has 0 aliphatic carbocycles. The van der Waals surface area contributed by atoms with Gasteiger partial charge in [0.15, 0.2) is 0 Å². The predicted octanol–water partition coefficient (Wildman–Crippen LogP) is 3.76. The van der Waals surface area contributed by atoms with Crippen molar-refractivity contribution in [3.8, 4) is 5.75 Å². The third-order valence-electron chi connectivity index (χ3n) is 2.78. The molecule has 0 aromatic heterocycles. The second-order valence-electron chi connectivity index (χ2n) is 4.45. The number of carbonyl (C=O) groups is 1. The van der Waals surface area contributed by atoms with Crippen molar-refractivity contribution in [1.82, 2.24) is 0 Å². The molecule has 2 heteroatoms. The van der Waals surface area contributed by atoms with Gasteiger partial charge in [0.05, 0.1) is 5.92 Å². The second-order valence-corrected chi connectivity index (χ2v) is 4.45. The van der Waals surface area contributed by atoms with E-state index in [0.29, 0.717) is 11.7 Å². The predicted molar refractivity (Wildman–Crippen MR) is 65.6 cm³/mol. The van der Waals surface area contributed by atoms with Crippen molar-refractivity contribution in [2.24, 2.45) is 5.92 Å². The molecule has 1 aromatic carbocycles. The molecule has 0 saturated heterocycles. The van der Waals surface area contributed by atoms with Crippen LogP contribution >= 0.6 is 0 Å². The molecular formula is C14H20O2. The fraction of sp³-hybridized carbons (Fsp3) is 0.500. The molecule has 1 rings (SSSR count). The summed E-state index contributed by atoms with van der Waals surface area (Å²) in [6, 6.07) is 7.72. The lowest BCUT2D eigenvalue weighted by molar-refractivity contribution is -0.138. The van der Waals surface area contributed by atoms with Crippen LogP contribution in [-0.4, -0.2) is 5.97 Å². The van der Waals surface area contributed by atoms with Gasteiger partial charge in [0, 0.05) is 0 Å². The molecule has 88 valence electrons. The number of hydrogen-bond donors (Lipinski definition) is 0. The molecule has 0 spiro atoms. The van der Waals surface area contributed by atoms with Crippen molar-refractivity contribution in [2.75, 3.05) is 0 Å². The smallest absolute Gasteiger partial charge is 0.314 e. The number of hydrogen-bond acceptors (Lipinski definition) is 2. The molecular weight excluding hydrogens is 200 g/mol. The van der Waals surface area contributed by atoms with Crippen LogP contribution in [0, 0.1) is 5.92 Å². The molecule has 1 atom stereocenters. The van der Waals surface area contributed by atoms with Crippen LogP contribution in [0.15, 0.2) is 24.3 Å². The van der Waals surface area contributed by atoms with E-state index in [-0.39, 0.29) is 11.9 Å². The summed E-state index contributed by atoms with van der Waals surface area (Å²) in [5, 5.41) is 0. The van der Waals surface area contributed by atoms with E-state index in [1.54, 1.807) is 0 Å². The van der Waals surface area contributed by atoms with E-state index in [4.69, 9.17) is 4.74 Å². The maximum absolute atomic E-state index is 11.5. The highest BCUT2D eigenvalue weighted by atomic mass is 16.5. The number of carbonyl (C=O) groups excluding carboxylic acids is 1. The average molecular weight is 220 g/mol. The molecule has 0 aliphatic heterocycles. The average Bonchev–Trinajstić information content (AvgIpc) is 2.28. The quantitative estimate of drug-likeness (QED) is 0.570. The standard InChI is InChI=1S/C14H20O2/c1-5-11(4)14(15)16-13-8-6-12(7-9-13)10(2)3/h6-11H,5H2,1-4H3. The number of benzene rings is 1. The lowest BCUT2D eigenvalue weighted by Gasteiger charge is -2.10. The fourth-order valence-electron chi connectivity index (χ4n) is 1.30. The monoisotopic (exact) mass is 220 g/mol. The largest absolute Gasteiger partial charge is 0.426 e. The molecule has 0 N–H and O–H groups in total. The summed E-state index contributed by atoms with van der Waals surface area (Å²) in [4.78, 5) is 11.5. The van der Waals surface area contributed by atoms with E-state index < -0.39 is 0 Å². The Morgan fingerprint density at radius 2 is 1.75 bits per heavy atom. The minimum atomic E-state index is -0.153. The lowest BCUT2D eigenvalue weighted by Crippen LogP contribution is -2.16. The third kappa shape index (κ3) is 3.37. The van der Waals surface area contributed by atoms with E-state index in [1.165, 1.54) is 5.56 Å². The normalized spacial score (nSPS) is 12.6. The molecule has 0 saturated carbocycles. The summed E-state index contributed by atoms with van der Waals surface area (Å²) in [5.41, 5.74) is 1.25. The van der Waals surface area contributed by atoms with Gasteiger partial charge in [-0.1, -0.05) is 39.8 Å². The van der Waals surface area contributed by atoms with Gasteiger partial charge in [0.25, 0.3) is 0 Å². The van der Waals surface area contributed by atoms with E-state index in [2.05, 4.69) is 13.8 Å². The molecule has 0 radical (unpaired) electrons. The molecule has 0 bridgehead atoms. The number of rotatable bonds is 4. The summed E-state index contributed by atoms with van der Waals surface area (Å²) in [6.45, 7) is 8.14. The van der Waals surface area contributed by atoms with Gasteiger partial charge >= 0.3 is 5.97 Å². The molecule has 0 heterocycles. The third-order valence-corrected chi connectivity index (χ3v) is 2.78. The van der Waals surface area contributed by atoms with Gasteiger partial charge in [0.1, 0.15) is 5.75 Å². The highest BCUT2D eigenvalue weighted by Gasteiger charge is 2.12. The minimum Gasteiger partial charge on any atom is -0.426 e. The van der Waals surface area contributed by atoms with Crippen LogP contribution in [0.3, 0.4) is 0 Å². The molecule has 16 heavy (non-hydrogen) atoms. The molecule has 1 unspecified atom stereocenters. The zero-order valence-corrected chi connectivity index (χ0v) is 10.5. The van der Waals surface area contributed by atoms with Crippen molar-refractivity contribution in [3.05, 3.63) is 29.8 Å². The molecule has 0 aliphatic rings. The van der Waals surface area contributed by atoms with E-state index in [0.717, 1.165) is 6.42 Å². The van der Waals surface area contributed by atoms with Crippen molar-refractivity contribution in [1.29, 1.82) is 0 Å². The Hall–Kier alpha value is -1.31. The molecule has 1 aromatic rings. The number of esters is 1. The molecule has 0 amide bonds. The van der Waals surface area contributed by atoms with Crippen LogP contribution in [0.25, 0.3) is 0 Å². The van der Waals surface area contributed by atoms with Crippen LogP contribution in [0.1, 0.15) is 45.6 Å². The summed E-state index contributed by atoms with van der Waals surface area (Å²) in [6.07, 6.45) is 0.808. The Morgan fingerprint density at radius 1 is 1.19 bits per heavy atom. The van der Waals surface area contributed by atoms with E-state index in [9.17, 15) is 4.79 Å². The van der Waals surface area contributed by atoms with Crippen LogP contribution in [0.4, 0.5) is 0 Å². The van der Waals surface area contributed by atoms with Crippen molar-refractivity contribution in [3.63, 3.8) is 0 Å². The Kier molecular flexibility index (Phi) is 4.53. The summed E-state index contributed by atoms with van der Waals surface area (Å²) < 4.78 is 5.26. The zero-order chi connectivity index (χ0) is 12.1. The number of ether oxygens (including phenoxy) is 1. The first-order valence-corrected chi connectivity index (χ1v) is 5.86. The van der Waals surface area contributed by atoms with E-state index in [1.807, 2.05) is 38.1 Å². The van der Waals surface area contributed by atoms with Crippen molar-refractivity contribution < 1.29 is 9.53 Å². The van der Waals surface area contributed by atoms with E-state index >= 15 is 0 Å². The van der Waals surface area contributed by atoms with Gasteiger partial charge in [0.2, 0.25) is 0 Å². The summed E-state index contributed by atoms with van der Waals surface area (Å²) in [7, 11) is 0. The fourth-order valence-corrected chi connectivity index (χ4v) is 1.30. The Bertz CT molecular complexity index is 338. The molecule has 0 fully saturated rings. The maximum Gasteiger partial charge on any atom is 0.314 e. The van der Waals surface area contributed by atoms with Gasteiger partial charge in [-0.3, -0.25) is 4.79 Å². The van der Waals surface area contributed by atoms with Gasteiger partial charge in [-0.05, 0) is 30.0 Å². The second kappa shape index (κ2) is 5.69. The SMILES string of the molecule is CCC(C)C(=O)Oc1ccc(C(C)C)cc1. The Labute approximate surface area is 97.6 Å². The Balaban J connectivity index is 2.65. The van der Waals surface area contributed by atoms with Crippen LogP contribution in [0.5, 0.6) is 5.75 Å². The van der Waals surface area contributed by atoms with Gasteiger partial charge < -0.3 is 4.74 Å². The highest BCUT2D eigenvalue weighted by molar-refractivity contribution is 5.74. The van der Waals surface area contributed by atoms with Crippen LogP contribution < -0.4 is 4.74 Å². The van der Waals surface area contributed by atoms with Gasteiger partial charge in [-0.2, -0.15) is 0 Å². The topological polar surface area (TPSA) is 26.3 Å². The van der Waals surface area contributed by atoms with Crippen LogP contribution in [-0.2, 0) is 4.79 Å². The first kappa shape index (κ1) is 12.8. The van der Waals surface area contributed by atoms with Crippen molar-refractivity contribution >= 4 is 5.97 Å². The first-order chi connectivity index (χ1) is 7.54. The van der Waals surface area contributed by atoms with Gasteiger partial charge in [-0.25, -0.2) is 0 Å². The zero-order valence-electron chi connectivity index (χ0n) is 10.5. The summed E-state index contributed by atoms with van der Waals surface area (Å²) in [5.74, 6) is 0.943. The van der Waals surface area contributed by atoms with Gasteiger partial charge in [-0.15, -0.1) is 0 Å². The minimum absolute atomic E-state index is 0.0372. The molecule has 2 nitrogen and oxygen atoms in total. The van der Waals surface area contributed by atoms with Crippen molar-refractivity contribution in [2.45, 2.75) is 40.0 Å². The summed E-state index contributed by atoms with van der Waals surface area (Å²) >= 11 is 0. The highest BCUT2D eigenvalue weighted by Crippen LogP contribution is 2.19. The lowest BCUT2D eigenvalue weighted by atomic mass is 10.0. The maximum atomic E-state index is 11.5.